The molecular formula is C25H24N4O4. The smallest absolute Gasteiger partial charge is 0.335 e. The van der Waals surface area contributed by atoms with Gasteiger partial charge < -0.3 is 14.8 Å². The van der Waals surface area contributed by atoms with Gasteiger partial charge in [-0.25, -0.2) is 9.36 Å². The monoisotopic (exact) mass is 444 g/mol. The second-order valence-corrected chi connectivity index (χ2v) is 7.82. The lowest BCUT2D eigenvalue weighted by molar-refractivity contribution is 0.429. The Balaban J connectivity index is 1.88. The zero-order valence-electron chi connectivity index (χ0n) is 18.5. The van der Waals surface area contributed by atoms with Crippen LogP contribution in [0, 0.1) is 20.8 Å². The van der Waals surface area contributed by atoms with Gasteiger partial charge in [-0.1, -0.05) is 35.4 Å². The van der Waals surface area contributed by atoms with Crippen molar-refractivity contribution in [3.8, 4) is 11.6 Å². The normalized spacial score (nSPS) is 11.5. The minimum Gasteiger partial charge on any atom is -0.493 e. The number of hydrogen-bond acceptors (Lipinski definition) is 5. The van der Waals surface area contributed by atoms with Crippen molar-refractivity contribution >= 4 is 11.5 Å². The number of aromatic nitrogens is 2. The molecule has 4 aromatic rings. The first-order chi connectivity index (χ1) is 15.8. The summed E-state index contributed by atoms with van der Waals surface area (Å²) in [6.07, 6.45) is 1.53. The summed E-state index contributed by atoms with van der Waals surface area (Å²) in [5.41, 5.74) is 2.33. The predicted octanol–water partition coefficient (Wildman–Crippen LogP) is 3.81. The first kappa shape index (κ1) is 21.9. The first-order valence-corrected chi connectivity index (χ1v) is 10.4. The third-order valence-corrected chi connectivity index (χ3v) is 5.20. The van der Waals surface area contributed by atoms with E-state index in [1.165, 1.54) is 6.26 Å². The van der Waals surface area contributed by atoms with E-state index in [0.717, 1.165) is 21.3 Å². The average molecular weight is 444 g/mol. The Kier molecular flexibility index (Phi) is 5.99. The van der Waals surface area contributed by atoms with Crippen LogP contribution < -0.4 is 16.6 Å². The molecule has 3 N–H and O–H groups in total. The summed E-state index contributed by atoms with van der Waals surface area (Å²) in [6, 6.07) is 16.4. The van der Waals surface area contributed by atoms with Gasteiger partial charge in [-0.3, -0.25) is 14.8 Å². The number of H-pyrrole nitrogens is 1. The largest absolute Gasteiger partial charge is 0.493 e. The van der Waals surface area contributed by atoms with E-state index < -0.39 is 17.1 Å². The summed E-state index contributed by atoms with van der Waals surface area (Å²) in [6.45, 7) is 5.85. The highest BCUT2D eigenvalue weighted by Crippen LogP contribution is 2.22. The molecule has 0 aliphatic rings. The van der Waals surface area contributed by atoms with Crippen molar-refractivity contribution in [3.05, 3.63) is 110 Å². The second kappa shape index (κ2) is 9.04. The third kappa shape index (κ3) is 4.64. The molecule has 8 heteroatoms. The average Bonchev–Trinajstić information content (AvgIpc) is 3.28. The number of nitrogens with zero attached hydrogens (tertiary/aromatic N) is 2. The number of aromatic amines is 1. The molecule has 0 saturated heterocycles. The fraction of sp³-hybridized carbons (Fsp3) is 0.160. The molecule has 0 bridgehead atoms. The van der Waals surface area contributed by atoms with E-state index >= 15 is 0 Å². The lowest BCUT2D eigenvalue weighted by Crippen LogP contribution is -2.35. The highest BCUT2D eigenvalue weighted by atomic mass is 16.3. The number of nitrogens with one attached hydrogen (secondary N) is 2. The molecule has 4 rings (SSSR count). The van der Waals surface area contributed by atoms with Crippen LogP contribution in [0.2, 0.25) is 0 Å². The molecule has 0 atom stereocenters. The van der Waals surface area contributed by atoms with Gasteiger partial charge in [0.25, 0.3) is 5.56 Å². The summed E-state index contributed by atoms with van der Waals surface area (Å²) < 4.78 is 6.42. The molecule has 168 valence electrons. The highest BCUT2D eigenvalue weighted by Gasteiger charge is 2.21. The van der Waals surface area contributed by atoms with Crippen LogP contribution >= 0.6 is 0 Å². The Labute approximate surface area is 189 Å². The van der Waals surface area contributed by atoms with E-state index in [1.807, 2.05) is 57.2 Å². The molecule has 2 aromatic carbocycles. The van der Waals surface area contributed by atoms with Crippen LogP contribution in [0.3, 0.4) is 0 Å². The van der Waals surface area contributed by atoms with Gasteiger partial charge in [0.2, 0.25) is 5.88 Å². The summed E-state index contributed by atoms with van der Waals surface area (Å²) >= 11 is 0. The van der Waals surface area contributed by atoms with Crippen LogP contribution in [0.1, 0.15) is 28.0 Å². The molecule has 0 spiro atoms. The number of furan rings is 1. The van der Waals surface area contributed by atoms with Crippen LogP contribution in [-0.4, -0.2) is 20.5 Å². The van der Waals surface area contributed by atoms with E-state index in [2.05, 4.69) is 15.3 Å². The van der Waals surface area contributed by atoms with Crippen molar-refractivity contribution in [2.45, 2.75) is 27.3 Å². The predicted molar refractivity (Wildman–Crippen MR) is 128 cm³/mol. The van der Waals surface area contributed by atoms with Gasteiger partial charge in [0.05, 0.1) is 18.5 Å². The molecule has 2 aromatic heterocycles. The number of hydrogen-bond donors (Lipinski definition) is 3. The molecular weight excluding hydrogens is 420 g/mol. The van der Waals surface area contributed by atoms with Crippen molar-refractivity contribution in [2.24, 2.45) is 4.99 Å². The molecule has 0 unspecified atom stereocenters. The van der Waals surface area contributed by atoms with Crippen molar-refractivity contribution < 1.29 is 9.52 Å². The second-order valence-electron chi connectivity index (χ2n) is 7.82. The lowest BCUT2D eigenvalue weighted by atomic mass is 10.1. The molecule has 33 heavy (non-hydrogen) atoms. The minimum atomic E-state index is -0.753. The van der Waals surface area contributed by atoms with Gasteiger partial charge in [0.15, 0.2) is 0 Å². The summed E-state index contributed by atoms with van der Waals surface area (Å²) in [5, 5.41) is 14.2. The first-order valence-electron chi connectivity index (χ1n) is 10.4. The van der Waals surface area contributed by atoms with Crippen LogP contribution in [0.5, 0.6) is 5.88 Å². The number of aryl methyl sites for hydroxylation is 3. The van der Waals surface area contributed by atoms with Gasteiger partial charge in [-0.05, 0) is 56.7 Å². The van der Waals surface area contributed by atoms with E-state index in [-0.39, 0.29) is 17.9 Å². The molecule has 0 radical (unpaired) electrons. The number of amidine groups is 1. The van der Waals surface area contributed by atoms with Crippen LogP contribution in [0.25, 0.3) is 5.69 Å². The zero-order valence-corrected chi connectivity index (χ0v) is 18.5. The standard InChI is InChI=1S/C25H24N4O4/c1-15-6-9-18(10-7-15)27-22(26-14-19-5-4-12-33-19)21-23(30)28-25(32)29(24(21)31)20-11-8-16(2)13-17(20)3/h4-13,31H,14H2,1-3H3,(H,26,27)(H,28,30,32). The van der Waals surface area contributed by atoms with E-state index in [0.29, 0.717) is 17.1 Å². The van der Waals surface area contributed by atoms with Gasteiger partial charge in [0, 0.05) is 5.69 Å². The Morgan fingerprint density at radius 3 is 2.45 bits per heavy atom. The Morgan fingerprint density at radius 2 is 1.79 bits per heavy atom. The molecule has 8 nitrogen and oxygen atoms in total. The van der Waals surface area contributed by atoms with E-state index in [9.17, 15) is 14.7 Å². The van der Waals surface area contributed by atoms with Gasteiger partial charge in [-0.2, -0.15) is 0 Å². The van der Waals surface area contributed by atoms with Gasteiger partial charge >= 0.3 is 5.69 Å². The summed E-state index contributed by atoms with van der Waals surface area (Å²) in [7, 11) is 0. The fourth-order valence-electron chi connectivity index (χ4n) is 3.53. The van der Waals surface area contributed by atoms with Crippen LogP contribution in [0.4, 0.5) is 5.69 Å². The minimum absolute atomic E-state index is 0.104. The van der Waals surface area contributed by atoms with Crippen LogP contribution in [0.15, 0.2) is 79.9 Å². The summed E-state index contributed by atoms with van der Waals surface area (Å²) in [5.74, 6) is 0.179. The topological polar surface area (TPSA) is 113 Å². The van der Waals surface area contributed by atoms with Gasteiger partial charge in [-0.15, -0.1) is 0 Å². The SMILES string of the molecule is Cc1ccc(NC(=NCc2ccco2)c2c(O)n(-c3ccc(C)cc3C)c(=O)[nH]c2=O)cc1. The Bertz CT molecular complexity index is 1430. The summed E-state index contributed by atoms with van der Waals surface area (Å²) in [4.78, 5) is 32.3. The van der Waals surface area contributed by atoms with E-state index in [1.54, 1.807) is 18.2 Å². The molecule has 0 fully saturated rings. The molecule has 0 aliphatic heterocycles. The van der Waals surface area contributed by atoms with Crippen molar-refractivity contribution in [2.75, 3.05) is 5.32 Å². The molecule has 0 saturated carbocycles. The molecule has 0 aliphatic carbocycles. The third-order valence-electron chi connectivity index (χ3n) is 5.20. The van der Waals surface area contributed by atoms with Gasteiger partial charge in [0.1, 0.15) is 17.2 Å². The zero-order chi connectivity index (χ0) is 23.5. The molecule has 0 amide bonds. The Hall–Kier alpha value is -4.33. The maximum absolute atomic E-state index is 12.9. The maximum Gasteiger partial charge on any atom is 0.335 e. The van der Waals surface area contributed by atoms with Crippen molar-refractivity contribution in [3.63, 3.8) is 0 Å². The quantitative estimate of drug-likeness (QED) is 0.320. The van der Waals surface area contributed by atoms with Crippen molar-refractivity contribution in [1.29, 1.82) is 0 Å². The lowest BCUT2D eigenvalue weighted by Gasteiger charge is -2.16. The number of anilines is 1. The fourth-order valence-corrected chi connectivity index (χ4v) is 3.53. The molecule has 2 heterocycles. The van der Waals surface area contributed by atoms with Crippen LogP contribution in [-0.2, 0) is 6.54 Å². The van der Waals surface area contributed by atoms with Crippen molar-refractivity contribution in [1.82, 2.24) is 9.55 Å². The van der Waals surface area contributed by atoms with E-state index in [4.69, 9.17) is 4.42 Å². The maximum atomic E-state index is 12.9. The number of aromatic hydroxyl groups is 1. The number of rotatable bonds is 5. The number of benzene rings is 2. The Morgan fingerprint density at radius 1 is 1.06 bits per heavy atom. The highest BCUT2D eigenvalue weighted by molar-refractivity contribution is 6.09. The number of aliphatic imine (C=N–C) groups is 1.